The maximum atomic E-state index is 13.5. The molecule has 1 aliphatic rings. The lowest BCUT2D eigenvalue weighted by molar-refractivity contribution is 0.0787. The van der Waals surface area contributed by atoms with Crippen molar-refractivity contribution in [2.24, 2.45) is 0 Å². The molecule has 10 heteroatoms. The predicted octanol–water partition coefficient (Wildman–Crippen LogP) is 3.11. The standard InChI is InChI=1S/C27H35N5O4S/c1-22(2)36-19-9-14-28-26-25(20-29-32(27(26)33)24-12-7-4-8-13-24)30-15-17-31(18-16-30)37(34,35)21-23-10-5-3-6-11-23/h3-8,10-13,20,22,28H,9,14-19,21H2,1-2H3. The minimum absolute atomic E-state index is 0.0201. The number of nitrogens with one attached hydrogen (secondary N) is 1. The Morgan fingerprint density at radius 3 is 2.27 bits per heavy atom. The number of aromatic nitrogens is 2. The molecular formula is C27H35N5O4S. The molecule has 2 aromatic carbocycles. The lowest BCUT2D eigenvalue weighted by Gasteiger charge is -2.36. The molecule has 0 saturated carbocycles. The zero-order valence-corrected chi connectivity index (χ0v) is 22.2. The highest BCUT2D eigenvalue weighted by atomic mass is 32.2. The Bertz CT molecular complexity index is 1310. The number of hydrogen-bond acceptors (Lipinski definition) is 7. The Balaban J connectivity index is 1.50. The van der Waals surface area contributed by atoms with Crippen LogP contribution in [0.5, 0.6) is 0 Å². The number of hydrogen-bond donors (Lipinski definition) is 1. The molecule has 1 N–H and O–H groups in total. The van der Waals surface area contributed by atoms with Gasteiger partial charge in [-0.2, -0.15) is 14.1 Å². The van der Waals surface area contributed by atoms with Gasteiger partial charge in [0.25, 0.3) is 5.56 Å². The summed E-state index contributed by atoms with van der Waals surface area (Å²) in [5, 5.41) is 7.75. The van der Waals surface area contributed by atoms with E-state index in [1.807, 2.05) is 79.4 Å². The quantitative estimate of drug-likeness (QED) is 0.384. The van der Waals surface area contributed by atoms with Gasteiger partial charge in [0.15, 0.2) is 0 Å². The fourth-order valence-corrected chi connectivity index (χ4v) is 5.81. The first-order chi connectivity index (χ1) is 17.8. The summed E-state index contributed by atoms with van der Waals surface area (Å²) in [5.41, 5.74) is 2.35. The number of benzene rings is 2. The molecule has 1 saturated heterocycles. The van der Waals surface area contributed by atoms with Crippen molar-refractivity contribution in [3.8, 4) is 5.69 Å². The Labute approximate surface area is 218 Å². The van der Waals surface area contributed by atoms with Crippen molar-refractivity contribution >= 4 is 21.4 Å². The van der Waals surface area contributed by atoms with Crippen LogP contribution < -0.4 is 15.8 Å². The van der Waals surface area contributed by atoms with Gasteiger partial charge >= 0.3 is 0 Å². The number of ether oxygens (including phenoxy) is 1. The van der Waals surface area contributed by atoms with Gasteiger partial charge in [-0.3, -0.25) is 4.79 Å². The lowest BCUT2D eigenvalue weighted by Crippen LogP contribution is -2.49. The van der Waals surface area contributed by atoms with Crippen LogP contribution >= 0.6 is 0 Å². The normalized spacial score (nSPS) is 14.7. The second-order valence-electron chi connectivity index (χ2n) is 9.29. The van der Waals surface area contributed by atoms with E-state index in [0.717, 1.165) is 12.0 Å². The van der Waals surface area contributed by atoms with E-state index in [-0.39, 0.29) is 17.4 Å². The molecule has 1 fully saturated rings. The van der Waals surface area contributed by atoms with E-state index in [1.54, 1.807) is 6.20 Å². The van der Waals surface area contributed by atoms with Crippen LogP contribution in [0.25, 0.3) is 5.69 Å². The summed E-state index contributed by atoms with van der Waals surface area (Å²) in [4.78, 5) is 15.5. The summed E-state index contributed by atoms with van der Waals surface area (Å²) < 4.78 is 34.5. The van der Waals surface area contributed by atoms with E-state index in [2.05, 4.69) is 10.4 Å². The number of para-hydroxylation sites is 1. The van der Waals surface area contributed by atoms with Crippen LogP contribution in [0.4, 0.5) is 11.4 Å². The molecule has 0 bridgehead atoms. The highest BCUT2D eigenvalue weighted by molar-refractivity contribution is 7.88. The molecule has 0 radical (unpaired) electrons. The molecule has 0 unspecified atom stereocenters. The maximum absolute atomic E-state index is 13.5. The van der Waals surface area contributed by atoms with Crippen LogP contribution in [0.2, 0.25) is 0 Å². The van der Waals surface area contributed by atoms with Gasteiger partial charge in [-0.1, -0.05) is 48.5 Å². The fourth-order valence-electron chi connectivity index (χ4n) is 4.29. The first-order valence-electron chi connectivity index (χ1n) is 12.6. The van der Waals surface area contributed by atoms with E-state index >= 15 is 0 Å². The smallest absolute Gasteiger partial charge is 0.296 e. The number of nitrogens with zero attached hydrogens (tertiary/aromatic N) is 4. The Kier molecular flexibility index (Phi) is 8.96. The fraction of sp³-hybridized carbons (Fsp3) is 0.407. The largest absolute Gasteiger partial charge is 0.379 e. The van der Waals surface area contributed by atoms with E-state index in [0.29, 0.717) is 56.4 Å². The second-order valence-corrected chi connectivity index (χ2v) is 11.3. The summed E-state index contributed by atoms with van der Waals surface area (Å²) in [7, 11) is -3.43. The summed E-state index contributed by atoms with van der Waals surface area (Å²) >= 11 is 0. The maximum Gasteiger partial charge on any atom is 0.296 e. The Hall–Kier alpha value is -3.21. The molecule has 0 atom stereocenters. The molecule has 1 aromatic heterocycles. The van der Waals surface area contributed by atoms with E-state index in [1.165, 1.54) is 8.99 Å². The predicted molar refractivity (Wildman–Crippen MR) is 147 cm³/mol. The first-order valence-corrected chi connectivity index (χ1v) is 14.3. The van der Waals surface area contributed by atoms with Crippen LogP contribution in [0.1, 0.15) is 25.8 Å². The molecule has 0 spiro atoms. The number of sulfonamides is 1. The van der Waals surface area contributed by atoms with Gasteiger partial charge in [0, 0.05) is 39.3 Å². The minimum atomic E-state index is -3.43. The summed E-state index contributed by atoms with van der Waals surface area (Å²) in [5.74, 6) is -0.0201. The lowest BCUT2D eigenvalue weighted by atomic mass is 10.2. The third-order valence-corrected chi connectivity index (χ3v) is 8.05. The monoisotopic (exact) mass is 525 g/mol. The minimum Gasteiger partial charge on any atom is -0.379 e. The van der Waals surface area contributed by atoms with Crippen molar-refractivity contribution in [3.05, 3.63) is 82.8 Å². The SMILES string of the molecule is CC(C)OCCCNc1c(N2CCN(S(=O)(=O)Cc3ccccc3)CC2)cnn(-c2ccccc2)c1=O. The highest BCUT2D eigenvalue weighted by Gasteiger charge is 2.29. The van der Waals surface area contributed by atoms with Crippen LogP contribution in [-0.2, 0) is 20.5 Å². The van der Waals surface area contributed by atoms with Crippen LogP contribution in [0.3, 0.4) is 0 Å². The van der Waals surface area contributed by atoms with Crippen LogP contribution in [0.15, 0.2) is 71.7 Å². The van der Waals surface area contributed by atoms with Crippen molar-refractivity contribution in [2.75, 3.05) is 49.5 Å². The van der Waals surface area contributed by atoms with Crippen molar-refractivity contribution in [1.29, 1.82) is 0 Å². The molecule has 1 aliphatic heterocycles. The first kappa shape index (κ1) is 26.8. The van der Waals surface area contributed by atoms with Crippen LogP contribution in [-0.4, -0.2) is 67.9 Å². The summed E-state index contributed by atoms with van der Waals surface area (Å²) in [6.45, 7) is 6.77. The molecule has 198 valence electrons. The van der Waals surface area contributed by atoms with Gasteiger partial charge in [0.1, 0.15) is 5.69 Å². The van der Waals surface area contributed by atoms with Gasteiger partial charge in [0.2, 0.25) is 10.0 Å². The van der Waals surface area contributed by atoms with Gasteiger partial charge in [0.05, 0.1) is 29.4 Å². The third-order valence-electron chi connectivity index (χ3n) is 6.20. The zero-order chi connectivity index (χ0) is 26.3. The van der Waals surface area contributed by atoms with Gasteiger partial charge in [-0.25, -0.2) is 8.42 Å². The van der Waals surface area contributed by atoms with E-state index in [9.17, 15) is 13.2 Å². The molecule has 0 amide bonds. The number of piperazine rings is 1. The molecule has 2 heterocycles. The van der Waals surface area contributed by atoms with Crippen molar-refractivity contribution in [2.45, 2.75) is 32.1 Å². The second kappa shape index (κ2) is 12.4. The molecule has 0 aliphatic carbocycles. The van der Waals surface area contributed by atoms with Gasteiger partial charge in [-0.15, -0.1) is 0 Å². The average molecular weight is 526 g/mol. The van der Waals surface area contributed by atoms with E-state index < -0.39 is 10.0 Å². The van der Waals surface area contributed by atoms with Crippen molar-refractivity contribution in [1.82, 2.24) is 14.1 Å². The Morgan fingerprint density at radius 1 is 0.973 bits per heavy atom. The topological polar surface area (TPSA) is 96.8 Å². The number of rotatable bonds is 11. The molecular weight excluding hydrogens is 490 g/mol. The Morgan fingerprint density at radius 2 is 1.62 bits per heavy atom. The average Bonchev–Trinajstić information content (AvgIpc) is 2.90. The van der Waals surface area contributed by atoms with Crippen molar-refractivity contribution in [3.63, 3.8) is 0 Å². The van der Waals surface area contributed by atoms with Crippen molar-refractivity contribution < 1.29 is 13.2 Å². The van der Waals surface area contributed by atoms with E-state index in [4.69, 9.17) is 4.74 Å². The summed E-state index contributed by atoms with van der Waals surface area (Å²) in [6, 6.07) is 18.5. The zero-order valence-electron chi connectivity index (χ0n) is 21.4. The number of anilines is 2. The third kappa shape index (κ3) is 6.97. The molecule has 4 rings (SSSR count). The van der Waals surface area contributed by atoms with Gasteiger partial charge < -0.3 is 15.0 Å². The van der Waals surface area contributed by atoms with Gasteiger partial charge in [-0.05, 0) is 38.0 Å². The molecule has 3 aromatic rings. The summed E-state index contributed by atoms with van der Waals surface area (Å²) in [6.07, 6.45) is 2.59. The highest BCUT2D eigenvalue weighted by Crippen LogP contribution is 2.25. The molecule has 37 heavy (non-hydrogen) atoms. The molecule has 9 nitrogen and oxygen atoms in total. The van der Waals surface area contributed by atoms with Crippen LogP contribution in [0, 0.1) is 0 Å².